The predicted molar refractivity (Wildman–Crippen MR) is 111 cm³/mol. The van der Waals surface area contributed by atoms with Crippen LogP contribution in [0.25, 0.3) is 22.3 Å². The van der Waals surface area contributed by atoms with Gasteiger partial charge in [-0.05, 0) is 69.5 Å². The van der Waals surface area contributed by atoms with Crippen molar-refractivity contribution in [3.63, 3.8) is 0 Å². The zero-order chi connectivity index (χ0) is 18.4. The van der Waals surface area contributed by atoms with Crippen LogP contribution in [-0.2, 0) is 10.8 Å². The summed E-state index contributed by atoms with van der Waals surface area (Å²) in [6.45, 7) is 14.3. The topological polar surface area (TPSA) is 0 Å². The number of hydrogen-bond acceptors (Lipinski definition) is 0. The Morgan fingerprint density at radius 1 is 0.538 bits per heavy atom. The molecule has 2 aliphatic rings. The van der Waals surface area contributed by atoms with Crippen molar-refractivity contribution in [2.45, 2.75) is 52.4 Å². The van der Waals surface area contributed by atoms with Gasteiger partial charge in [-0.25, -0.2) is 0 Å². The van der Waals surface area contributed by atoms with Crippen molar-refractivity contribution < 1.29 is 0 Å². The minimum absolute atomic E-state index is 0.0531. The average molecular weight is 338 g/mol. The first-order valence-electron chi connectivity index (χ1n) is 9.65. The fourth-order valence-corrected chi connectivity index (χ4v) is 6.00. The Balaban J connectivity index is 1.99. The van der Waals surface area contributed by atoms with Crippen LogP contribution in [0.3, 0.4) is 0 Å². The van der Waals surface area contributed by atoms with E-state index in [4.69, 9.17) is 0 Å². The van der Waals surface area contributed by atoms with Gasteiger partial charge >= 0.3 is 0 Å². The lowest BCUT2D eigenvalue weighted by molar-refractivity contribution is 0.645. The molecular formula is C26H26. The minimum Gasteiger partial charge on any atom is -0.0619 e. The first-order chi connectivity index (χ1) is 12.3. The van der Waals surface area contributed by atoms with Crippen molar-refractivity contribution in [1.29, 1.82) is 0 Å². The summed E-state index contributed by atoms with van der Waals surface area (Å²) in [6.07, 6.45) is 0. The molecule has 0 radical (unpaired) electrons. The summed E-state index contributed by atoms with van der Waals surface area (Å²) in [5.74, 6) is 0. The molecule has 26 heavy (non-hydrogen) atoms. The van der Waals surface area contributed by atoms with Gasteiger partial charge in [0.05, 0.1) is 0 Å². The summed E-state index contributed by atoms with van der Waals surface area (Å²) >= 11 is 0. The van der Waals surface area contributed by atoms with Gasteiger partial charge in [-0.15, -0.1) is 0 Å². The Morgan fingerprint density at radius 2 is 0.885 bits per heavy atom. The maximum Gasteiger partial charge on any atom is 0.0161 e. The molecule has 0 aliphatic heterocycles. The van der Waals surface area contributed by atoms with Crippen molar-refractivity contribution in [2.75, 3.05) is 0 Å². The van der Waals surface area contributed by atoms with Crippen molar-refractivity contribution in [2.24, 2.45) is 0 Å². The molecule has 2 aliphatic carbocycles. The van der Waals surface area contributed by atoms with E-state index in [0.29, 0.717) is 0 Å². The van der Waals surface area contributed by atoms with Crippen molar-refractivity contribution in [3.05, 3.63) is 81.9 Å². The molecular weight excluding hydrogens is 312 g/mol. The minimum atomic E-state index is 0.0531. The molecule has 0 heteroatoms. The van der Waals surface area contributed by atoms with Crippen LogP contribution in [0.1, 0.15) is 61.1 Å². The molecule has 0 unspecified atom stereocenters. The highest BCUT2D eigenvalue weighted by atomic mass is 14.5. The van der Waals surface area contributed by atoms with Crippen LogP contribution in [0.4, 0.5) is 0 Å². The van der Waals surface area contributed by atoms with Crippen molar-refractivity contribution >= 4 is 0 Å². The maximum absolute atomic E-state index is 2.39. The first kappa shape index (κ1) is 15.9. The summed E-state index contributed by atoms with van der Waals surface area (Å²) in [4.78, 5) is 0. The highest BCUT2D eigenvalue weighted by Gasteiger charge is 2.44. The predicted octanol–water partition coefficient (Wildman–Crippen LogP) is 6.92. The molecule has 0 aromatic heterocycles. The molecule has 0 nitrogen and oxygen atoms in total. The zero-order valence-electron chi connectivity index (χ0n) is 16.6. The standard InChI is InChI=1S/C26H26/c1-15-21-17-11-7-9-13-19(17)26(5,6)24(21)16(2)22-18-12-8-10-14-20(18)25(3,4)23(15)22/h7-14H,1-6H3. The third kappa shape index (κ3) is 1.62. The summed E-state index contributed by atoms with van der Waals surface area (Å²) in [5.41, 5.74) is 14.9. The van der Waals surface area contributed by atoms with E-state index >= 15 is 0 Å². The number of hydrogen-bond donors (Lipinski definition) is 0. The van der Waals surface area contributed by atoms with Gasteiger partial charge < -0.3 is 0 Å². The van der Waals surface area contributed by atoms with Crippen LogP contribution in [0.15, 0.2) is 48.5 Å². The SMILES string of the molecule is Cc1c2c(c(C)c3c1C(C)(C)c1ccccc1-3)C(C)(C)c1ccccc1-2. The molecule has 0 bridgehead atoms. The van der Waals surface area contributed by atoms with Gasteiger partial charge in [0.1, 0.15) is 0 Å². The fourth-order valence-electron chi connectivity index (χ4n) is 6.00. The molecule has 0 heterocycles. The lowest BCUT2D eigenvalue weighted by Gasteiger charge is -2.29. The zero-order valence-corrected chi connectivity index (χ0v) is 16.6. The first-order valence-corrected chi connectivity index (χ1v) is 9.65. The monoisotopic (exact) mass is 338 g/mol. The highest BCUT2D eigenvalue weighted by molar-refractivity contribution is 5.94. The number of rotatable bonds is 0. The van der Waals surface area contributed by atoms with Gasteiger partial charge in [0, 0.05) is 10.8 Å². The molecule has 0 fully saturated rings. The Labute approximate surface area is 156 Å². The molecule has 0 atom stereocenters. The summed E-state index contributed by atoms with van der Waals surface area (Å²) in [6, 6.07) is 18.0. The van der Waals surface area contributed by atoms with Gasteiger partial charge in [-0.3, -0.25) is 0 Å². The van der Waals surface area contributed by atoms with E-state index in [0.717, 1.165) is 0 Å². The quantitative estimate of drug-likeness (QED) is 0.417. The van der Waals surface area contributed by atoms with E-state index < -0.39 is 0 Å². The van der Waals surface area contributed by atoms with Crippen LogP contribution < -0.4 is 0 Å². The molecule has 0 amide bonds. The highest BCUT2D eigenvalue weighted by Crippen LogP contribution is 2.59. The molecule has 130 valence electrons. The molecule has 3 aromatic carbocycles. The second-order valence-corrected chi connectivity index (χ2v) is 9.09. The normalized spacial score (nSPS) is 17.5. The third-order valence-electron chi connectivity index (χ3n) is 6.99. The molecule has 3 aromatic rings. The van der Waals surface area contributed by atoms with E-state index in [1.165, 1.54) is 55.6 Å². The Bertz CT molecular complexity index is 1000. The molecule has 0 saturated carbocycles. The molecule has 0 N–H and O–H groups in total. The Hall–Kier alpha value is -2.34. The second-order valence-electron chi connectivity index (χ2n) is 9.09. The molecule has 0 spiro atoms. The van der Waals surface area contributed by atoms with Crippen molar-refractivity contribution in [1.82, 2.24) is 0 Å². The summed E-state index contributed by atoms with van der Waals surface area (Å²) < 4.78 is 0. The number of fused-ring (bicyclic) bond motifs is 6. The molecule has 5 rings (SSSR count). The van der Waals surface area contributed by atoms with Crippen LogP contribution in [0, 0.1) is 13.8 Å². The van der Waals surface area contributed by atoms with Crippen LogP contribution in [-0.4, -0.2) is 0 Å². The smallest absolute Gasteiger partial charge is 0.0161 e. The third-order valence-corrected chi connectivity index (χ3v) is 6.99. The van der Waals surface area contributed by atoms with E-state index in [1.807, 2.05) is 0 Å². The fraction of sp³-hybridized carbons (Fsp3) is 0.308. The van der Waals surface area contributed by atoms with Crippen LogP contribution >= 0.6 is 0 Å². The molecule has 0 saturated heterocycles. The van der Waals surface area contributed by atoms with Gasteiger partial charge in [-0.1, -0.05) is 76.2 Å². The summed E-state index contributed by atoms with van der Waals surface area (Å²) in [5, 5.41) is 0. The number of benzene rings is 3. The van der Waals surface area contributed by atoms with E-state index in [-0.39, 0.29) is 10.8 Å². The van der Waals surface area contributed by atoms with E-state index in [2.05, 4.69) is 90.1 Å². The van der Waals surface area contributed by atoms with Gasteiger partial charge in [-0.2, -0.15) is 0 Å². The largest absolute Gasteiger partial charge is 0.0619 e. The van der Waals surface area contributed by atoms with Gasteiger partial charge in [0.25, 0.3) is 0 Å². The lowest BCUT2D eigenvalue weighted by atomic mass is 9.74. The van der Waals surface area contributed by atoms with E-state index in [9.17, 15) is 0 Å². The maximum atomic E-state index is 2.39. The second kappa shape index (κ2) is 4.68. The average Bonchev–Trinajstić information content (AvgIpc) is 3.00. The van der Waals surface area contributed by atoms with E-state index in [1.54, 1.807) is 0 Å². The lowest BCUT2D eigenvalue weighted by Crippen LogP contribution is -2.20. The van der Waals surface area contributed by atoms with Crippen LogP contribution in [0.2, 0.25) is 0 Å². The van der Waals surface area contributed by atoms with Crippen LogP contribution in [0.5, 0.6) is 0 Å². The summed E-state index contributed by atoms with van der Waals surface area (Å²) in [7, 11) is 0. The Morgan fingerprint density at radius 3 is 1.27 bits per heavy atom. The Kier molecular flexibility index (Phi) is 2.86. The van der Waals surface area contributed by atoms with Gasteiger partial charge in [0.2, 0.25) is 0 Å². The van der Waals surface area contributed by atoms with Gasteiger partial charge in [0.15, 0.2) is 0 Å². The van der Waals surface area contributed by atoms with Crippen molar-refractivity contribution in [3.8, 4) is 22.3 Å².